The summed E-state index contributed by atoms with van der Waals surface area (Å²) in [6, 6.07) is 6.39. The third kappa shape index (κ3) is 15.4. The van der Waals surface area contributed by atoms with E-state index >= 15 is 0 Å². The minimum Gasteiger partial charge on any atom is -0.481 e. The fourth-order valence-electron chi connectivity index (χ4n) is 3.45. The molecule has 0 unspecified atom stereocenters. The van der Waals surface area contributed by atoms with Gasteiger partial charge in [-0.15, -0.1) is 11.8 Å². The lowest BCUT2D eigenvalue weighted by molar-refractivity contribution is -0.143. The van der Waals surface area contributed by atoms with Gasteiger partial charge in [0.1, 0.15) is 11.6 Å². The van der Waals surface area contributed by atoms with Crippen LogP contribution in [0.3, 0.4) is 0 Å². The molecule has 9 heteroatoms. The van der Waals surface area contributed by atoms with Gasteiger partial charge in [0.05, 0.1) is 5.56 Å². The van der Waals surface area contributed by atoms with Crippen molar-refractivity contribution >= 4 is 35.6 Å². The van der Waals surface area contributed by atoms with Crippen LogP contribution in [0, 0.1) is 0 Å². The molecule has 1 amide bonds. The monoisotopic (exact) mass is 523 g/mol. The molecule has 1 aromatic carbocycles. The summed E-state index contributed by atoms with van der Waals surface area (Å²) in [5, 5.41) is 20.1. The van der Waals surface area contributed by atoms with Gasteiger partial charge in [0.25, 0.3) is 0 Å². The number of amides is 1. The van der Waals surface area contributed by atoms with Crippen LogP contribution in [0.2, 0.25) is 0 Å². The lowest BCUT2D eigenvalue weighted by Gasteiger charge is -2.19. The Bertz CT molecular complexity index is 834. The SMILES string of the molecule is CC(C)(C)OC(=O)c1ccc(SCCCCCCCCCCC(=O)N[C@@H](CCC(=O)O)C(=O)O)cc1. The first-order chi connectivity index (χ1) is 17.0. The number of thioether (sulfide) groups is 1. The van der Waals surface area contributed by atoms with Crippen molar-refractivity contribution in [2.45, 2.75) is 108 Å². The molecule has 0 aliphatic carbocycles. The largest absolute Gasteiger partial charge is 0.481 e. The average molecular weight is 524 g/mol. The molecule has 3 N–H and O–H groups in total. The molecule has 0 aliphatic rings. The molecule has 0 aliphatic heterocycles. The van der Waals surface area contributed by atoms with Crippen LogP contribution in [0.5, 0.6) is 0 Å². The molecule has 0 saturated heterocycles. The van der Waals surface area contributed by atoms with Crippen molar-refractivity contribution in [2.75, 3.05) is 5.75 Å². The second kappa shape index (κ2) is 17.0. The highest BCUT2D eigenvalue weighted by atomic mass is 32.2. The highest BCUT2D eigenvalue weighted by Crippen LogP contribution is 2.22. The van der Waals surface area contributed by atoms with Gasteiger partial charge in [0, 0.05) is 17.7 Å². The molecule has 0 fully saturated rings. The Hall–Kier alpha value is -2.55. The number of unbranched alkanes of at least 4 members (excludes halogenated alkanes) is 7. The van der Waals surface area contributed by atoms with E-state index in [-0.39, 0.29) is 31.1 Å². The molecule has 36 heavy (non-hydrogen) atoms. The number of esters is 1. The molecule has 8 nitrogen and oxygen atoms in total. The Morgan fingerprint density at radius 2 is 1.42 bits per heavy atom. The average Bonchev–Trinajstić information content (AvgIpc) is 2.79. The number of carbonyl (C=O) groups excluding carboxylic acids is 2. The fraction of sp³-hybridized carbons (Fsp3) is 0.630. The normalized spacial score (nSPS) is 12.1. The minimum absolute atomic E-state index is 0.116. The summed E-state index contributed by atoms with van der Waals surface area (Å²) in [5.41, 5.74) is 0.0650. The molecule has 1 aromatic rings. The van der Waals surface area contributed by atoms with E-state index < -0.39 is 23.6 Å². The number of nitrogens with one attached hydrogen (secondary N) is 1. The summed E-state index contributed by atoms with van der Waals surface area (Å²) >= 11 is 1.79. The molecule has 202 valence electrons. The summed E-state index contributed by atoms with van der Waals surface area (Å²) in [6.07, 6.45) is 8.21. The maximum atomic E-state index is 12.1. The van der Waals surface area contributed by atoms with Crippen LogP contribution in [-0.4, -0.2) is 51.4 Å². The summed E-state index contributed by atoms with van der Waals surface area (Å²) in [6.45, 7) is 5.56. The second-order valence-corrected chi connectivity index (χ2v) is 11.0. The molecule has 1 rings (SSSR count). The van der Waals surface area contributed by atoms with Gasteiger partial charge < -0.3 is 20.3 Å². The van der Waals surface area contributed by atoms with E-state index in [1.807, 2.05) is 45.0 Å². The van der Waals surface area contributed by atoms with Crippen LogP contribution in [0.15, 0.2) is 29.2 Å². The Kier molecular flexibility index (Phi) is 14.9. The zero-order valence-corrected chi connectivity index (χ0v) is 22.5. The molecule has 0 aromatic heterocycles. The van der Waals surface area contributed by atoms with Crippen LogP contribution in [0.25, 0.3) is 0 Å². The Balaban J connectivity index is 2.05. The van der Waals surface area contributed by atoms with Crippen LogP contribution in [0.1, 0.15) is 102 Å². The highest BCUT2D eigenvalue weighted by Gasteiger charge is 2.20. The number of hydrogen-bond acceptors (Lipinski definition) is 6. The minimum atomic E-state index is -1.21. The van der Waals surface area contributed by atoms with Crippen molar-refractivity contribution in [1.29, 1.82) is 0 Å². The van der Waals surface area contributed by atoms with Crippen LogP contribution < -0.4 is 5.32 Å². The van der Waals surface area contributed by atoms with E-state index in [1.165, 1.54) is 6.42 Å². The van der Waals surface area contributed by atoms with Gasteiger partial charge in [-0.3, -0.25) is 9.59 Å². The molecular formula is C27H41NO7S. The van der Waals surface area contributed by atoms with Crippen LogP contribution in [0.4, 0.5) is 0 Å². The predicted octanol–water partition coefficient (Wildman–Crippen LogP) is 5.68. The first-order valence-corrected chi connectivity index (χ1v) is 13.7. The van der Waals surface area contributed by atoms with E-state index in [4.69, 9.17) is 14.9 Å². The Labute approximate surface area is 218 Å². The molecule has 0 bridgehead atoms. The maximum absolute atomic E-state index is 12.1. The third-order valence-electron chi connectivity index (χ3n) is 5.34. The van der Waals surface area contributed by atoms with E-state index in [1.54, 1.807) is 11.8 Å². The van der Waals surface area contributed by atoms with Crippen molar-refractivity contribution in [1.82, 2.24) is 5.32 Å². The second-order valence-electron chi connectivity index (χ2n) is 9.84. The molecule has 1 atom stereocenters. The number of aliphatic carboxylic acids is 2. The van der Waals surface area contributed by atoms with Crippen LogP contribution >= 0.6 is 11.8 Å². The van der Waals surface area contributed by atoms with Gasteiger partial charge in [-0.2, -0.15) is 0 Å². The number of carboxylic acid groups (broad SMARTS) is 2. The van der Waals surface area contributed by atoms with E-state index in [0.717, 1.165) is 49.2 Å². The molecule has 0 radical (unpaired) electrons. The van der Waals surface area contributed by atoms with Gasteiger partial charge in [0.2, 0.25) is 5.91 Å². The van der Waals surface area contributed by atoms with E-state index in [2.05, 4.69) is 5.32 Å². The van der Waals surface area contributed by atoms with Gasteiger partial charge in [-0.25, -0.2) is 9.59 Å². The smallest absolute Gasteiger partial charge is 0.338 e. The lowest BCUT2D eigenvalue weighted by atomic mass is 10.1. The number of carboxylic acids is 2. The molecule has 0 saturated carbocycles. The summed E-state index contributed by atoms with van der Waals surface area (Å²) in [4.78, 5) is 46.8. The highest BCUT2D eigenvalue weighted by molar-refractivity contribution is 7.99. The summed E-state index contributed by atoms with van der Waals surface area (Å²) in [5.74, 6) is -1.91. The van der Waals surface area contributed by atoms with E-state index in [9.17, 15) is 19.2 Å². The number of ether oxygens (including phenoxy) is 1. The van der Waals surface area contributed by atoms with Gasteiger partial charge in [0.15, 0.2) is 0 Å². The van der Waals surface area contributed by atoms with Crippen molar-refractivity contribution in [3.8, 4) is 0 Å². The summed E-state index contributed by atoms with van der Waals surface area (Å²) < 4.78 is 5.38. The number of hydrogen-bond donors (Lipinski definition) is 3. The van der Waals surface area contributed by atoms with Crippen molar-refractivity contribution in [3.63, 3.8) is 0 Å². The van der Waals surface area contributed by atoms with Gasteiger partial charge >= 0.3 is 17.9 Å². The first-order valence-electron chi connectivity index (χ1n) is 12.7. The van der Waals surface area contributed by atoms with Crippen molar-refractivity contribution in [2.24, 2.45) is 0 Å². The topological polar surface area (TPSA) is 130 Å². The van der Waals surface area contributed by atoms with E-state index in [0.29, 0.717) is 12.0 Å². The quantitative estimate of drug-likeness (QED) is 0.127. The zero-order valence-electron chi connectivity index (χ0n) is 21.7. The third-order valence-corrected chi connectivity index (χ3v) is 6.43. The number of carbonyl (C=O) groups is 4. The maximum Gasteiger partial charge on any atom is 0.338 e. The molecule has 0 spiro atoms. The first kappa shape index (κ1) is 31.5. The Morgan fingerprint density at radius 3 is 1.94 bits per heavy atom. The van der Waals surface area contributed by atoms with Gasteiger partial charge in [-0.05, 0) is 70.1 Å². The van der Waals surface area contributed by atoms with Crippen molar-refractivity contribution in [3.05, 3.63) is 29.8 Å². The lowest BCUT2D eigenvalue weighted by Crippen LogP contribution is -2.41. The number of rotatable bonds is 18. The molecule has 0 heterocycles. The van der Waals surface area contributed by atoms with Crippen LogP contribution in [-0.2, 0) is 19.1 Å². The van der Waals surface area contributed by atoms with Gasteiger partial charge in [-0.1, -0.05) is 38.5 Å². The molecular weight excluding hydrogens is 482 g/mol. The summed E-state index contributed by atoms with van der Waals surface area (Å²) in [7, 11) is 0. The predicted molar refractivity (Wildman–Crippen MR) is 140 cm³/mol. The zero-order chi connectivity index (χ0) is 27.0. The Morgan fingerprint density at radius 1 is 0.861 bits per heavy atom. The standard InChI is InChI=1S/C27H41NO7S/c1-27(2,3)35-26(34)20-13-15-21(16-14-20)36-19-11-9-7-5-4-6-8-10-12-23(29)28-22(25(32)33)17-18-24(30)31/h13-16,22H,4-12,17-19H2,1-3H3,(H,28,29)(H,30,31)(H,32,33)/t22-/m0/s1. The number of benzene rings is 1. The van der Waals surface area contributed by atoms with Crippen molar-refractivity contribution < 1.29 is 34.1 Å². The fourth-order valence-corrected chi connectivity index (χ4v) is 4.37.